The van der Waals surface area contributed by atoms with Crippen molar-refractivity contribution in [2.75, 3.05) is 0 Å². The van der Waals surface area contributed by atoms with Crippen molar-refractivity contribution in [3.05, 3.63) is 114 Å². The number of aromatic amines is 1. The predicted octanol–water partition coefficient (Wildman–Crippen LogP) is 7.09. The number of hydrogen-bond acceptors (Lipinski definition) is 2. The van der Waals surface area contributed by atoms with Gasteiger partial charge in [-0.3, -0.25) is 0 Å². The maximum Gasteiger partial charge on any atom is 0.149 e. The number of nitrogens with one attached hydrogen (secondary N) is 1. The summed E-state index contributed by atoms with van der Waals surface area (Å²) in [6.45, 7) is 2.80. The van der Waals surface area contributed by atoms with Crippen LogP contribution < -0.4 is 0 Å². The molecule has 0 fully saturated rings. The van der Waals surface area contributed by atoms with Crippen molar-refractivity contribution in [3.63, 3.8) is 0 Å². The highest BCUT2D eigenvalue weighted by molar-refractivity contribution is 5.98. The minimum Gasteiger partial charge on any atom is -0.342 e. The van der Waals surface area contributed by atoms with Crippen molar-refractivity contribution in [1.82, 2.24) is 14.5 Å². The topological polar surface area (TPSA) is 57.4 Å². The van der Waals surface area contributed by atoms with Gasteiger partial charge in [0.25, 0.3) is 0 Å². The Morgan fingerprint density at radius 2 is 1.76 bits per heavy atom. The molecule has 0 aliphatic heterocycles. The molecule has 6 rings (SSSR count). The SMILES string of the molecule is Cc1ccc2nc(/C(C#N)=C\c3cn(Cc4cccc5ccccc45)c4ccccc34)[nH]c2c1. The third kappa shape index (κ3) is 3.44. The summed E-state index contributed by atoms with van der Waals surface area (Å²) in [5.74, 6) is 0.592. The van der Waals surface area contributed by atoms with Crippen LogP contribution in [0.1, 0.15) is 22.5 Å². The Hall–Kier alpha value is -4.62. The van der Waals surface area contributed by atoms with Crippen molar-refractivity contribution in [3.8, 4) is 6.07 Å². The summed E-state index contributed by atoms with van der Waals surface area (Å²) in [7, 11) is 0. The zero-order chi connectivity index (χ0) is 23.1. The molecule has 6 aromatic rings. The molecule has 0 unspecified atom stereocenters. The zero-order valence-electron chi connectivity index (χ0n) is 18.8. The molecule has 34 heavy (non-hydrogen) atoms. The van der Waals surface area contributed by atoms with Crippen LogP contribution in [0.15, 0.2) is 91.1 Å². The second-order valence-corrected chi connectivity index (χ2v) is 8.64. The van der Waals surface area contributed by atoms with Gasteiger partial charge in [-0.15, -0.1) is 0 Å². The number of para-hydroxylation sites is 1. The number of aryl methyl sites for hydroxylation is 1. The van der Waals surface area contributed by atoms with Gasteiger partial charge in [0.15, 0.2) is 0 Å². The monoisotopic (exact) mass is 438 g/mol. The minimum absolute atomic E-state index is 0.516. The molecule has 4 aromatic carbocycles. The number of nitrogens with zero attached hydrogens (tertiary/aromatic N) is 3. The average molecular weight is 439 g/mol. The summed E-state index contributed by atoms with van der Waals surface area (Å²) >= 11 is 0. The summed E-state index contributed by atoms with van der Waals surface area (Å²) in [5.41, 5.74) is 6.88. The average Bonchev–Trinajstić information content (AvgIpc) is 3.44. The fourth-order valence-electron chi connectivity index (χ4n) is 4.70. The molecule has 0 aliphatic carbocycles. The summed E-state index contributed by atoms with van der Waals surface area (Å²) < 4.78 is 2.26. The first kappa shape index (κ1) is 20.0. The Labute approximate surface area is 197 Å². The van der Waals surface area contributed by atoms with Gasteiger partial charge in [-0.05, 0) is 53.1 Å². The largest absolute Gasteiger partial charge is 0.342 e. The number of hydrogen-bond donors (Lipinski definition) is 1. The van der Waals surface area contributed by atoms with Gasteiger partial charge in [-0.2, -0.15) is 5.26 Å². The van der Waals surface area contributed by atoms with Gasteiger partial charge in [-0.1, -0.05) is 66.7 Å². The lowest BCUT2D eigenvalue weighted by Crippen LogP contribution is -1.98. The molecule has 0 atom stereocenters. The second-order valence-electron chi connectivity index (χ2n) is 8.64. The maximum absolute atomic E-state index is 9.97. The van der Waals surface area contributed by atoms with Crippen LogP contribution in [0, 0.1) is 18.3 Å². The van der Waals surface area contributed by atoms with E-state index in [1.165, 1.54) is 16.3 Å². The zero-order valence-corrected chi connectivity index (χ0v) is 18.8. The molecular formula is C30H22N4. The van der Waals surface area contributed by atoms with E-state index < -0.39 is 0 Å². The van der Waals surface area contributed by atoms with Crippen molar-refractivity contribution in [2.24, 2.45) is 0 Å². The quantitative estimate of drug-likeness (QED) is 0.299. The van der Waals surface area contributed by atoms with Crippen molar-refractivity contribution in [2.45, 2.75) is 13.5 Å². The molecule has 2 aromatic heterocycles. The minimum atomic E-state index is 0.516. The van der Waals surface area contributed by atoms with E-state index in [9.17, 15) is 5.26 Å². The standard InChI is InChI=1S/C30H22N4/c1-20-13-14-27-28(15-20)33-30(32-27)23(17-31)16-24-19-34(29-12-5-4-11-26(24)29)18-22-9-6-8-21-7-2-3-10-25(21)22/h2-16,19H,18H2,1H3,(H,32,33)/b23-16-. The molecule has 0 bridgehead atoms. The number of rotatable bonds is 4. The lowest BCUT2D eigenvalue weighted by molar-refractivity contribution is 0.842. The molecule has 0 spiro atoms. The van der Waals surface area contributed by atoms with Crippen LogP contribution in [0.3, 0.4) is 0 Å². The molecule has 4 nitrogen and oxygen atoms in total. The van der Waals surface area contributed by atoms with E-state index in [-0.39, 0.29) is 0 Å². The van der Waals surface area contributed by atoms with Crippen LogP contribution in [-0.4, -0.2) is 14.5 Å². The third-order valence-electron chi connectivity index (χ3n) is 6.35. The molecule has 0 saturated heterocycles. The van der Waals surface area contributed by atoms with Gasteiger partial charge in [0.1, 0.15) is 11.9 Å². The number of fused-ring (bicyclic) bond motifs is 3. The van der Waals surface area contributed by atoms with E-state index in [2.05, 4.69) is 93.5 Å². The van der Waals surface area contributed by atoms with Crippen LogP contribution in [0.5, 0.6) is 0 Å². The normalized spacial score (nSPS) is 11.9. The molecule has 0 saturated carbocycles. The van der Waals surface area contributed by atoms with Crippen LogP contribution in [0.4, 0.5) is 0 Å². The summed E-state index contributed by atoms with van der Waals surface area (Å²) in [4.78, 5) is 7.97. The lowest BCUT2D eigenvalue weighted by atomic mass is 10.0. The Balaban J connectivity index is 1.46. The molecule has 0 aliphatic rings. The Bertz CT molecular complexity index is 1750. The highest BCUT2D eigenvalue weighted by atomic mass is 15.0. The molecule has 162 valence electrons. The maximum atomic E-state index is 9.97. The number of H-pyrrole nitrogens is 1. The van der Waals surface area contributed by atoms with Gasteiger partial charge < -0.3 is 9.55 Å². The van der Waals surface area contributed by atoms with E-state index in [1.54, 1.807) is 0 Å². The molecule has 1 N–H and O–H groups in total. The highest BCUT2D eigenvalue weighted by Crippen LogP contribution is 2.28. The Kier molecular flexibility index (Phi) is 4.75. The fourth-order valence-corrected chi connectivity index (χ4v) is 4.70. The van der Waals surface area contributed by atoms with Gasteiger partial charge in [0.2, 0.25) is 0 Å². The Morgan fingerprint density at radius 1 is 0.971 bits per heavy atom. The third-order valence-corrected chi connectivity index (χ3v) is 6.35. The first-order valence-corrected chi connectivity index (χ1v) is 11.3. The van der Waals surface area contributed by atoms with Gasteiger partial charge in [0, 0.05) is 29.2 Å². The van der Waals surface area contributed by atoms with Crippen molar-refractivity contribution in [1.29, 1.82) is 5.26 Å². The van der Waals surface area contributed by atoms with Crippen molar-refractivity contribution < 1.29 is 0 Å². The molecule has 2 heterocycles. The fraction of sp³-hybridized carbons (Fsp3) is 0.0667. The summed E-state index contributed by atoms with van der Waals surface area (Å²) in [6.07, 6.45) is 4.07. The van der Waals surface area contributed by atoms with Crippen LogP contribution in [0.2, 0.25) is 0 Å². The smallest absolute Gasteiger partial charge is 0.149 e. The predicted molar refractivity (Wildman–Crippen MR) is 139 cm³/mol. The van der Waals surface area contributed by atoms with E-state index in [1.807, 2.05) is 31.2 Å². The number of nitriles is 1. The molecule has 0 amide bonds. The Morgan fingerprint density at radius 3 is 2.65 bits per heavy atom. The highest BCUT2D eigenvalue weighted by Gasteiger charge is 2.12. The van der Waals surface area contributed by atoms with E-state index in [0.717, 1.165) is 39.6 Å². The van der Waals surface area contributed by atoms with E-state index >= 15 is 0 Å². The van der Waals surface area contributed by atoms with E-state index in [0.29, 0.717) is 11.4 Å². The molecule has 4 heteroatoms. The number of allylic oxidation sites excluding steroid dienone is 1. The van der Waals surface area contributed by atoms with Crippen LogP contribution in [-0.2, 0) is 6.54 Å². The first-order chi connectivity index (χ1) is 16.7. The second kappa shape index (κ2) is 8.06. The van der Waals surface area contributed by atoms with E-state index in [4.69, 9.17) is 0 Å². The number of imidazole rings is 1. The van der Waals surface area contributed by atoms with Crippen molar-refractivity contribution >= 4 is 44.4 Å². The molecule has 0 radical (unpaired) electrons. The van der Waals surface area contributed by atoms with Gasteiger partial charge >= 0.3 is 0 Å². The van der Waals surface area contributed by atoms with Gasteiger partial charge in [0.05, 0.1) is 16.6 Å². The number of aromatic nitrogens is 3. The first-order valence-electron chi connectivity index (χ1n) is 11.3. The van der Waals surface area contributed by atoms with Crippen LogP contribution in [0.25, 0.3) is 44.4 Å². The summed E-state index contributed by atoms with van der Waals surface area (Å²) in [5, 5.41) is 13.6. The van der Waals surface area contributed by atoms with Crippen LogP contribution >= 0.6 is 0 Å². The number of benzene rings is 4. The van der Waals surface area contributed by atoms with Gasteiger partial charge in [-0.25, -0.2) is 4.98 Å². The summed E-state index contributed by atoms with van der Waals surface area (Å²) in [6, 6.07) is 31.7. The molecular weight excluding hydrogens is 416 g/mol. The lowest BCUT2D eigenvalue weighted by Gasteiger charge is -2.09.